The first-order chi connectivity index (χ1) is 15.6. The Balaban J connectivity index is 1.26. The van der Waals surface area contributed by atoms with E-state index >= 15 is 0 Å². The van der Waals surface area contributed by atoms with Crippen LogP contribution in [0.1, 0.15) is 36.4 Å². The molecule has 1 aromatic heterocycles. The average molecular weight is 547 g/mol. The fraction of sp³-hybridized carbons (Fsp3) is 0.524. The summed E-state index contributed by atoms with van der Waals surface area (Å²) in [5.74, 6) is 0.959. The lowest BCUT2D eigenvalue weighted by atomic mass is 10.2. The second-order valence-corrected chi connectivity index (χ2v) is 11.5. The largest absolute Gasteiger partial charge is 0.472 e. The van der Waals surface area contributed by atoms with Crippen LogP contribution in [0.2, 0.25) is 0 Å². The topological polar surface area (TPSA) is 75.6 Å². The third-order valence-electron chi connectivity index (χ3n) is 6.35. The summed E-state index contributed by atoms with van der Waals surface area (Å²) in [5.41, 5.74) is -0.0287. The molecule has 12 heteroatoms. The van der Waals surface area contributed by atoms with Gasteiger partial charge in [-0.15, -0.1) is 0 Å². The van der Waals surface area contributed by atoms with Crippen molar-refractivity contribution in [2.75, 3.05) is 26.2 Å². The molecule has 1 aliphatic carbocycles. The van der Waals surface area contributed by atoms with Crippen molar-refractivity contribution in [1.29, 1.82) is 0 Å². The minimum absolute atomic E-state index is 0.0743. The van der Waals surface area contributed by atoms with Gasteiger partial charge >= 0.3 is 6.18 Å². The van der Waals surface area contributed by atoms with E-state index in [1.54, 1.807) is 12.4 Å². The van der Waals surface area contributed by atoms with Gasteiger partial charge in [0.1, 0.15) is 6.10 Å². The van der Waals surface area contributed by atoms with Gasteiger partial charge in [0.25, 0.3) is 0 Å². The number of benzene rings is 1. The smallest absolute Gasteiger partial charge is 0.417 e. The minimum Gasteiger partial charge on any atom is -0.472 e. The summed E-state index contributed by atoms with van der Waals surface area (Å²) in [7, 11) is -4.06. The van der Waals surface area contributed by atoms with Crippen LogP contribution >= 0.6 is 15.9 Å². The Morgan fingerprint density at radius 3 is 2.55 bits per heavy atom. The lowest BCUT2D eigenvalue weighted by Crippen LogP contribution is -2.51. The Kier molecular flexibility index (Phi) is 5.91. The van der Waals surface area contributed by atoms with Crippen LogP contribution in [0.3, 0.4) is 0 Å². The van der Waals surface area contributed by atoms with Crippen LogP contribution in [-0.2, 0) is 16.2 Å². The van der Waals surface area contributed by atoms with Crippen LogP contribution in [0.4, 0.5) is 13.2 Å². The van der Waals surface area contributed by atoms with Gasteiger partial charge in [-0.05, 0) is 31.0 Å². The number of ether oxygens (including phenoxy) is 1. The molecule has 33 heavy (non-hydrogen) atoms. The normalized spacial score (nSPS) is 24.6. The summed E-state index contributed by atoms with van der Waals surface area (Å²) < 4.78 is 73.0. The van der Waals surface area contributed by atoms with Crippen molar-refractivity contribution in [3.63, 3.8) is 0 Å². The van der Waals surface area contributed by atoms with Crippen molar-refractivity contribution in [1.82, 2.24) is 19.2 Å². The molecule has 0 unspecified atom stereocenters. The third kappa shape index (κ3) is 4.75. The highest BCUT2D eigenvalue weighted by atomic mass is 79.9. The van der Waals surface area contributed by atoms with E-state index in [9.17, 15) is 21.6 Å². The molecular formula is C21H22BrF3N4O3S. The zero-order valence-electron chi connectivity index (χ0n) is 17.5. The summed E-state index contributed by atoms with van der Waals surface area (Å²) in [6.07, 6.45) is 1.47. The lowest BCUT2D eigenvalue weighted by molar-refractivity contribution is -0.138. The number of hydrogen-bond acceptors (Lipinski definition) is 6. The fourth-order valence-corrected chi connectivity index (χ4v) is 6.42. The molecule has 0 amide bonds. The highest BCUT2D eigenvalue weighted by Crippen LogP contribution is 2.39. The van der Waals surface area contributed by atoms with Crippen LogP contribution in [0.15, 0.2) is 40.0 Å². The monoisotopic (exact) mass is 546 g/mol. The van der Waals surface area contributed by atoms with E-state index in [0.717, 1.165) is 24.6 Å². The van der Waals surface area contributed by atoms with Crippen molar-refractivity contribution < 1.29 is 26.3 Å². The van der Waals surface area contributed by atoms with Gasteiger partial charge in [-0.2, -0.15) is 17.5 Å². The van der Waals surface area contributed by atoms with E-state index in [1.807, 2.05) is 0 Å². The second-order valence-electron chi connectivity index (χ2n) is 8.68. The summed E-state index contributed by atoms with van der Waals surface area (Å²) in [6.45, 7) is 1.53. The fourth-order valence-electron chi connectivity index (χ4n) is 4.45. The third-order valence-corrected chi connectivity index (χ3v) is 8.91. The Morgan fingerprint density at radius 1 is 1.09 bits per heavy atom. The maximum atomic E-state index is 13.3. The molecule has 0 spiro atoms. The SMILES string of the molecule is O=S(=O)(c1ccc(Br)c(C(F)(F)F)c1)N1CCN2C[C@H](Oc3cnc(C4CC4)cn3)C[C@H]2C1. The van der Waals surface area contributed by atoms with Crippen LogP contribution in [0.5, 0.6) is 5.88 Å². The molecule has 7 nitrogen and oxygen atoms in total. The molecule has 0 N–H and O–H groups in total. The lowest BCUT2D eigenvalue weighted by Gasteiger charge is -2.36. The zero-order valence-corrected chi connectivity index (χ0v) is 19.9. The number of fused-ring (bicyclic) bond motifs is 1. The van der Waals surface area contributed by atoms with Gasteiger partial charge in [0.15, 0.2) is 0 Å². The van der Waals surface area contributed by atoms with Crippen LogP contribution in [-0.4, -0.2) is 65.9 Å². The predicted octanol–water partition coefficient (Wildman–Crippen LogP) is 3.66. The van der Waals surface area contributed by atoms with Gasteiger partial charge in [0, 0.05) is 49.0 Å². The number of aromatic nitrogens is 2. The number of alkyl halides is 3. The van der Waals surface area contributed by atoms with Crippen LogP contribution in [0, 0.1) is 0 Å². The van der Waals surface area contributed by atoms with E-state index in [1.165, 1.54) is 10.4 Å². The first-order valence-electron chi connectivity index (χ1n) is 10.7. The van der Waals surface area contributed by atoms with Crippen molar-refractivity contribution >= 4 is 26.0 Å². The molecule has 1 aromatic carbocycles. The van der Waals surface area contributed by atoms with Gasteiger partial charge in [0.05, 0.1) is 28.5 Å². The first kappa shape index (κ1) is 23.0. The number of piperazine rings is 1. The molecule has 0 bridgehead atoms. The standard InChI is InChI=1S/C21H22BrF3N4O3S/c22-18-4-3-16(8-17(18)21(23,24)25)33(30,31)29-6-5-28-12-15(7-14(28)11-29)32-20-10-26-19(9-27-20)13-1-2-13/h3-4,8-10,13-15H,1-2,5-7,11-12H2/t14-,15+/m0/s1. The predicted molar refractivity (Wildman–Crippen MR) is 116 cm³/mol. The maximum Gasteiger partial charge on any atom is 0.417 e. The van der Waals surface area contributed by atoms with Crippen molar-refractivity contribution in [2.45, 2.75) is 48.4 Å². The van der Waals surface area contributed by atoms with Gasteiger partial charge in [-0.1, -0.05) is 15.9 Å². The minimum atomic E-state index is -4.65. The first-order valence-corrected chi connectivity index (χ1v) is 12.9. The van der Waals surface area contributed by atoms with E-state index in [2.05, 4.69) is 30.8 Å². The average Bonchev–Trinajstić information content (AvgIpc) is 3.53. The number of hydrogen-bond donors (Lipinski definition) is 0. The Bertz CT molecular complexity index is 1140. The van der Waals surface area contributed by atoms with Gasteiger partial charge in [-0.25, -0.2) is 13.4 Å². The number of nitrogens with zero attached hydrogens (tertiary/aromatic N) is 4. The molecular weight excluding hydrogens is 525 g/mol. The van der Waals surface area contributed by atoms with Gasteiger partial charge in [-0.3, -0.25) is 9.88 Å². The molecule has 178 valence electrons. The Morgan fingerprint density at radius 2 is 1.88 bits per heavy atom. The maximum absolute atomic E-state index is 13.3. The molecule has 3 heterocycles. The molecule has 2 atom stereocenters. The number of halogens is 4. The van der Waals surface area contributed by atoms with E-state index < -0.39 is 21.8 Å². The van der Waals surface area contributed by atoms with E-state index in [4.69, 9.17) is 4.74 Å². The van der Waals surface area contributed by atoms with Crippen LogP contribution in [0.25, 0.3) is 0 Å². The van der Waals surface area contributed by atoms with Crippen LogP contribution < -0.4 is 4.74 Å². The zero-order chi connectivity index (χ0) is 23.4. The van der Waals surface area contributed by atoms with E-state index in [-0.39, 0.29) is 34.6 Å². The number of rotatable bonds is 5. The second kappa shape index (κ2) is 8.47. The highest BCUT2D eigenvalue weighted by Gasteiger charge is 2.42. The number of sulfonamides is 1. The van der Waals surface area contributed by atoms with Crippen molar-refractivity contribution in [3.8, 4) is 5.88 Å². The van der Waals surface area contributed by atoms with Crippen molar-refractivity contribution in [3.05, 3.63) is 46.3 Å². The molecule has 2 saturated heterocycles. The molecule has 0 radical (unpaired) electrons. The highest BCUT2D eigenvalue weighted by molar-refractivity contribution is 9.10. The molecule has 1 saturated carbocycles. The quantitative estimate of drug-likeness (QED) is 0.569. The molecule has 5 rings (SSSR count). The van der Waals surface area contributed by atoms with Gasteiger partial charge in [0.2, 0.25) is 15.9 Å². The summed E-state index contributed by atoms with van der Waals surface area (Å²) in [5, 5.41) is 0. The Hall–Kier alpha value is -1.76. The Labute approximate surface area is 198 Å². The molecule has 2 aliphatic heterocycles. The summed E-state index contributed by atoms with van der Waals surface area (Å²) in [4.78, 5) is 10.6. The van der Waals surface area contributed by atoms with Crippen molar-refractivity contribution in [2.24, 2.45) is 0 Å². The summed E-state index contributed by atoms with van der Waals surface area (Å²) in [6, 6.07) is 2.94. The molecule has 3 fully saturated rings. The van der Waals surface area contributed by atoms with E-state index in [0.29, 0.717) is 37.4 Å². The molecule has 2 aromatic rings. The van der Waals surface area contributed by atoms with Gasteiger partial charge < -0.3 is 4.74 Å². The summed E-state index contributed by atoms with van der Waals surface area (Å²) >= 11 is 2.85. The molecule has 3 aliphatic rings.